The van der Waals surface area contributed by atoms with Crippen molar-refractivity contribution in [1.29, 1.82) is 0 Å². The van der Waals surface area contributed by atoms with Gasteiger partial charge in [0.05, 0.1) is 33.0 Å². The van der Waals surface area contributed by atoms with Crippen LogP contribution in [-0.4, -0.2) is 39.8 Å². The van der Waals surface area contributed by atoms with Gasteiger partial charge in [-0.2, -0.15) is 0 Å². The molecule has 2 aromatic carbocycles. The summed E-state index contributed by atoms with van der Waals surface area (Å²) in [7, 11) is 4.97. The number of fused-ring (bicyclic) bond motifs is 2. The van der Waals surface area contributed by atoms with Crippen molar-refractivity contribution >= 4 is 17.6 Å². The number of benzene rings is 2. The Morgan fingerprint density at radius 1 is 1.00 bits per heavy atom. The largest absolute Gasteiger partial charge is 0.497 e. The van der Waals surface area contributed by atoms with E-state index in [4.69, 9.17) is 23.9 Å². The van der Waals surface area contributed by atoms with E-state index in [1.165, 1.54) is 5.56 Å². The lowest BCUT2D eigenvalue weighted by molar-refractivity contribution is 0.0653. The number of anilines is 1. The first-order valence-corrected chi connectivity index (χ1v) is 10.4. The Kier molecular flexibility index (Phi) is 5.04. The fourth-order valence-electron chi connectivity index (χ4n) is 4.71. The third-order valence-electron chi connectivity index (χ3n) is 6.54. The molecule has 2 atom stereocenters. The average molecular weight is 411 g/mol. The average Bonchev–Trinajstić information content (AvgIpc) is 2.97. The van der Waals surface area contributed by atoms with Crippen molar-refractivity contribution < 1.29 is 18.9 Å². The molecule has 2 aliphatic rings. The van der Waals surface area contributed by atoms with E-state index in [-0.39, 0.29) is 5.41 Å². The highest BCUT2D eigenvalue weighted by molar-refractivity contribution is 5.89. The van der Waals surface area contributed by atoms with Gasteiger partial charge in [0, 0.05) is 24.4 Å². The molecule has 0 saturated heterocycles. The van der Waals surface area contributed by atoms with Gasteiger partial charge in [-0.3, -0.25) is 0 Å². The third-order valence-corrected chi connectivity index (χ3v) is 6.54. The Labute approximate surface area is 178 Å². The topological polar surface area (TPSA) is 52.5 Å². The van der Waals surface area contributed by atoms with Crippen molar-refractivity contribution in [1.82, 2.24) is 0 Å². The van der Waals surface area contributed by atoms with Crippen LogP contribution in [-0.2, 0) is 5.41 Å². The van der Waals surface area contributed by atoms with Gasteiger partial charge >= 0.3 is 0 Å². The molecule has 0 aliphatic carbocycles. The summed E-state index contributed by atoms with van der Waals surface area (Å²) in [4.78, 5) is 7.21. The van der Waals surface area contributed by atoms with Crippen molar-refractivity contribution in [2.24, 2.45) is 4.99 Å². The maximum absolute atomic E-state index is 6.87. The van der Waals surface area contributed by atoms with Gasteiger partial charge in [0.25, 0.3) is 0 Å². The third kappa shape index (κ3) is 2.66. The van der Waals surface area contributed by atoms with E-state index in [2.05, 4.69) is 37.8 Å². The summed E-state index contributed by atoms with van der Waals surface area (Å²) in [5.74, 6) is 2.82. The van der Waals surface area contributed by atoms with Gasteiger partial charge in [0.2, 0.25) is 5.72 Å². The van der Waals surface area contributed by atoms with E-state index in [0.29, 0.717) is 22.9 Å². The van der Waals surface area contributed by atoms with E-state index >= 15 is 0 Å². The predicted molar refractivity (Wildman–Crippen MR) is 119 cm³/mol. The highest BCUT2D eigenvalue weighted by atomic mass is 16.5. The number of ether oxygens (including phenoxy) is 4. The van der Waals surface area contributed by atoms with Crippen molar-refractivity contribution in [3.63, 3.8) is 0 Å². The van der Waals surface area contributed by atoms with Crippen molar-refractivity contribution in [2.45, 2.75) is 44.8 Å². The Morgan fingerprint density at radius 3 is 2.40 bits per heavy atom. The van der Waals surface area contributed by atoms with Gasteiger partial charge < -0.3 is 23.8 Å². The van der Waals surface area contributed by atoms with Crippen LogP contribution in [0.15, 0.2) is 35.3 Å². The predicted octanol–water partition coefficient (Wildman–Crippen LogP) is 5.10. The van der Waals surface area contributed by atoms with E-state index in [9.17, 15) is 0 Å². The molecule has 2 aliphatic heterocycles. The molecule has 0 bridgehead atoms. The summed E-state index contributed by atoms with van der Waals surface area (Å²) in [5.41, 5.74) is 1.97. The minimum Gasteiger partial charge on any atom is -0.497 e. The summed E-state index contributed by atoms with van der Waals surface area (Å²) >= 11 is 0. The van der Waals surface area contributed by atoms with E-state index in [0.717, 1.165) is 30.8 Å². The monoisotopic (exact) mass is 410 g/mol. The first kappa shape index (κ1) is 20.4. The fourth-order valence-corrected chi connectivity index (χ4v) is 4.71. The van der Waals surface area contributed by atoms with Gasteiger partial charge in [-0.05, 0) is 43.5 Å². The zero-order valence-electron chi connectivity index (χ0n) is 18.6. The highest BCUT2D eigenvalue weighted by Gasteiger charge is 2.61. The normalized spacial score (nSPS) is 23.7. The molecule has 0 amide bonds. The molecule has 0 N–H and O–H groups in total. The van der Waals surface area contributed by atoms with Gasteiger partial charge in [0.15, 0.2) is 11.5 Å². The van der Waals surface area contributed by atoms with E-state index < -0.39 is 5.72 Å². The molecule has 2 unspecified atom stereocenters. The maximum Gasteiger partial charge on any atom is 0.229 e. The van der Waals surface area contributed by atoms with Crippen LogP contribution in [0, 0.1) is 0 Å². The Hall–Kier alpha value is -2.89. The Bertz CT molecular complexity index is 989. The number of hydrogen-bond donors (Lipinski definition) is 0. The smallest absolute Gasteiger partial charge is 0.229 e. The summed E-state index contributed by atoms with van der Waals surface area (Å²) < 4.78 is 23.4. The van der Waals surface area contributed by atoms with Crippen LogP contribution in [0.3, 0.4) is 0 Å². The van der Waals surface area contributed by atoms with Gasteiger partial charge in [-0.15, -0.1) is 0 Å². The molecule has 0 saturated carbocycles. The Balaban J connectivity index is 1.93. The molecular weight excluding hydrogens is 380 g/mol. The maximum atomic E-state index is 6.87. The van der Waals surface area contributed by atoms with Crippen molar-refractivity contribution in [2.75, 3.05) is 32.8 Å². The van der Waals surface area contributed by atoms with Crippen LogP contribution < -0.4 is 23.8 Å². The van der Waals surface area contributed by atoms with E-state index in [1.807, 2.05) is 24.4 Å². The van der Waals surface area contributed by atoms with E-state index in [1.54, 1.807) is 21.3 Å². The Morgan fingerprint density at radius 2 is 1.77 bits per heavy atom. The van der Waals surface area contributed by atoms with Crippen LogP contribution in [0.1, 0.15) is 39.2 Å². The summed E-state index contributed by atoms with van der Waals surface area (Å²) in [6, 6.07) is 9.99. The van der Waals surface area contributed by atoms with Crippen LogP contribution in [0.2, 0.25) is 0 Å². The molecule has 160 valence electrons. The lowest BCUT2D eigenvalue weighted by Gasteiger charge is -2.47. The molecule has 2 heterocycles. The standard InChI is InChI=1S/C24H30N2O4/c1-7-11-26-19-10-9-16(27-4)12-18(19)23(3,8-2)24(26)15-25-22-20(29-6)13-17(28-5)14-21(22)30-24/h9-10,12-15H,7-8,11H2,1-6H3. The molecule has 0 aromatic heterocycles. The second-order valence-electron chi connectivity index (χ2n) is 7.95. The number of rotatable bonds is 6. The number of nitrogens with zero attached hydrogens (tertiary/aromatic N) is 2. The molecule has 30 heavy (non-hydrogen) atoms. The first-order chi connectivity index (χ1) is 14.5. The quantitative estimate of drug-likeness (QED) is 0.663. The lowest BCUT2D eigenvalue weighted by atomic mass is 9.73. The molecule has 6 nitrogen and oxygen atoms in total. The first-order valence-electron chi connectivity index (χ1n) is 10.4. The SMILES string of the molecule is CCCN1c2ccc(OC)cc2C(C)(CC)C12C=Nc1c(OC)cc(OC)cc1O2. The molecule has 6 heteroatoms. The zero-order valence-corrected chi connectivity index (χ0v) is 18.6. The molecule has 0 radical (unpaired) electrons. The fraction of sp³-hybridized carbons (Fsp3) is 0.458. The lowest BCUT2D eigenvalue weighted by Crippen LogP contribution is -2.63. The van der Waals surface area contributed by atoms with Gasteiger partial charge in [0.1, 0.15) is 17.2 Å². The van der Waals surface area contributed by atoms with Crippen LogP contribution >= 0.6 is 0 Å². The molecule has 2 aromatic rings. The summed E-state index contributed by atoms with van der Waals surface area (Å²) in [5, 5.41) is 0. The zero-order chi connectivity index (χ0) is 21.5. The second kappa shape index (κ2) is 7.42. The molecular formula is C24H30N2O4. The summed E-state index contributed by atoms with van der Waals surface area (Å²) in [6.07, 6.45) is 3.81. The minimum absolute atomic E-state index is 0.330. The van der Waals surface area contributed by atoms with Gasteiger partial charge in [-0.1, -0.05) is 13.8 Å². The minimum atomic E-state index is -0.753. The van der Waals surface area contributed by atoms with Crippen molar-refractivity contribution in [3.05, 3.63) is 35.9 Å². The number of aliphatic imine (C=N–C) groups is 1. The number of hydrogen-bond acceptors (Lipinski definition) is 6. The van der Waals surface area contributed by atoms with Crippen molar-refractivity contribution in [3.8, 4) is 23.0 Å². The highest BCUT2D eigenvalue weighted by Crippen LogP contribution is 2.57. The summed E-state index contributed by atoms with van der Waals surface area (Å²) in [6.45, 7) is 7.46. The second-order valence-corrected chi connectivity index (χ2v) is 7.95. The number of methoxy groups -OCH3 is 3. The molecule has 1 spiro atoms. The molecule has 0 fully saturated rings. The van der Waals surface area contributed by atoms with Crippen LogP contribution in [0.25, 0.3) is 0 Å². The van der Waals surface area contributed by atoms with Crippen LogP contribution in [0.5, 0.6) is 23.0 Å². The van der Waals surface area contributed by atoms with Gasteiger partial charge in [-0.25, -0.2) is 4.99 Å². The van der Waals surface area contributed by atoms with Crippen LogP contribution in [0.4, 0.5) is 11.4 Å². The molecule has 4 rings (SSSR count).